The molecule has 0 saturated heterocycles. The highest BCUT2D eigenvalue weighted by Crippen LogP contribution is 2.35. The first-order valence-corrected chi connectivity index (χ1v) is 6.94. The molecule has 1 aromatic rings. The third-order valence-corrected chi connectivity index (χ3v) is 3.98. The van der Waals surface area contributed by atoms with E-state index in [1.807, 2.05) is 0 Å². The molecule has 1 aliphatic carbocycles. The number of aliphatic hydroxyl groups excluding tert-OH is 1. The summed E-state index contributed by atoms with van der Waals surface area (Å²) in [5, 5.41) is 9.71. The van der Waals surface area contributed by atoms with E-state index < -0.39 is 0 Å². The second-order valence-electron chi connectivity index (χ2n) is 5.73. The van der Waals surface area contributed by atoms with Crippen LogP contribution < -0.4 is 4.74 Å². The number of aryl methyl sites for hydroxylation is 3. The van der Waals surface area contributed by atoms with Gasteiger partial charge in [0, 0.05) is 0 Å². The van der Waals surface area contributed by atoms with Crippen molar-refractivity contribution in [1.29, 1.82) is 0 Å². The van der Waals surface area contributed by atoms with Crippen LogP contribution in [-0.4, -0.2) is 17.3 Å². The first-order valence-electron chi connectivity index (χ1n) is 6.94. The van der Waals surface area contributed by atoms with Crippen LogP contribution in [0.2, 0.25) is 0 Å². The average molecular weight is 248 g/mol. The van der Waals surface area contributed by atoms with E-state index in [1.54, 1.807) is 0 Å². The standard InChI is InChI=1S/C16H24O2/c1-12-9-13(2)15(14(3)10-12)18-16(11-17)7-5-4-6-8-16/h9-10,17H,4-8,11H2,1-3H3. The van der Waals surface area contributed by atoms with E-state index in [2.05, 4.69) is 32.9 Å². The number of aliphatic hydroxyl groups is 1. The van der Waals surface area contributed by atoms with Gasteiger partial charge in [-0.05, 0) is 57.6 Å². The normalized spacial score (nSPS) is 18.7. The predicted molar refractivity (Wildman–Crippen MR) is 74.2 cm³/mol. The number of hydrogen-bond acceptors (Lipinski definition) is 2. The quantitative estimate of drug-likeness (QED) is 0.884. The van der Waals surface area contributed by atoms with Gasteiger partial charge in [0.05, 0.1) is 6.61 Å². The molecule has 0 radical (unpaired) electrons. The largest absolute Gasteiger partial charge is 0.484 e. The fraction of sp³-hybridized carbons (Fsp3) is 0.625. The highest BCUT2D eigenvalue weighted by Gasteiger charge is 2.34. The van der Waals surface area contributed by atoms with Gasteiger partial charge in [-0.25, -0.2) is 0 Å². The molecule has 0 spiro atoms. The number of hydrogen-bond donors (Lipinski definition) is 1. The molecule has 2 heteroatoms. The van der Waals surface area contributed by atoms with Crippen LogP contribution in [0, 0.1) is 20.8 Å². The molecule has 0 heterocycles. The minimum atomic E-state index is -0.344. The van der Waals surface area contributed by atoms with Crippen LogP contribution in [0.25, 0.3) is 0 Å². The second kappa shape index (κ2) is 5.31. The molecule has 1 aromatic carbocycles. The molecule has 1 saturated carbocycles. The highest BCUT2D eigenvalue weighted by atomic mass is 16.5. The molecule has 0 bridgehead atoms. The van der Waals surface area contributed by atoms with Gasteiger partial charge in [-0.15, -0.1) is 0 Å². The van der Waals surface area contributed by atoms with Crippen LogP contribution >= 0.6 is 0 Å². The lowest BCUT2D eigenvalue weighted by Crippen LogP contribution is -2.42. The molecule has 100 valence electrons. The Kier molecular flexibility index (Phi) is 3.96. The van der Waals surface area contributed by atoms with Crippen molar-refractivity contribution in [3.63, 3.8) is 0 Å². The SMILES string of the molecule is Cc1cc(C)c(OC2(CO)CCCCC2)c(C)c1. The van der Waals surface area contributed by atoms with Crippen molar-refractivity contribution in [2.75, 3.05) is 6.61 Å². The fourth-order valence-corrected chi connectivity index (χ4v) is 3.03. The predicted octanol–water partition coefficient (Wildman–Crippen LogP) is 3.69. The first-order chi connectivity index (χ1) is 8.56. The molecule has 1 fully saturated rings. The van der Waals surface area contributed by atoms with Crippen molar-refractivity contribution >= 4 is 0 Å². The fourth-order valence-electron chi connectivity index (χ4n) is 3.03. The van der Waals surface area contributed by atoms with E-state index >= 15 is 0 Å². The molecule has 18 heavy (non-hydrogen) atoms. The van der Waals surface area contributed by atoms with Crippen molar-refractivity contribution in [3.05, 3.63) is 28.8 Å². The summed E-state index contributed by atoms with van der Waals surface area (Å²) in [4.78, 5) is 0. The molecule has 0 unspecified atom stereocenters. The van der Waals surface area contributed by atoms with Gasteiger partial charge in [0.25, 0.3) is 0 Å². The van der Waals surface area contributed by atoms with Gasteiger partial charge in [0.2, 0.25) is 0 Å². The first kappa shape index (κ1) is 13.4. The molecule has 2 rings (SSSR count). The second-order valence-corrected chi connectivity index (χ2v) is 5.73. The average Bonchev–Trinajstić information content (AvgIpc) is 2.35. The Morgan fingerprint density at radius 3 is 2.11 bits per heavy atom. The maximum absolute atomic E-state index is 9.71. The third kappa shape index (κ3) is 2.69. The summed E-state index contributed by atoms with van der Waals surface area (Å²) < 4.78 is 6.26. The van der Waals surface area contributed by atoms with Crippen LogP contribution in [0.1, 0.15) is 48.8 Å². The lowest BCUT2D eigenvalue weighted by Gasteiger charge is -2.37. The lowest BCUT2D eigenvalue weighted by atomic mass is 9.85. The van der Waals surface area contributed by atoms with E-state index in [0.717, 1.165) is 31.4 Å². The molecule has 0 aromatic heterocycles. The summed E-state index contributed by atoms with van der Waals surface area (Å²) in [7, 11) is 0. The van der Waals surface area contributed by atoms with E-state index in [9.17, 15) is 5.11 Å². The maximum Gasteiger partial charge on any atom is 0.132 e. The Hall–Kier alpha value is -1.02. The Morgan fingerprint density at radius 2 is 1.61 bits per heavy atom. The Balaban J connectivity index is 2.27. The van der Waals surface area contributed by atoms with Gasteiger partial charge in [-0.1, -0.05) is 24.1 Å². The van der Waals surface area contributed by atoms with Gasteiger partial charge in [-0.2, -0.15) is 0 Å². The molecular weight excluding hydrogens is 224 g/mol. The monoisotopic (exact) mass is 248 g/mol. The Labute approximate surface area is 110 Å². The molecule has 2 nitrogen and oxygen atoms in total. The zero-order chi connectivity index (χ0) is 13.2. The van der Waals surface area contributed by atoms with E-state index in [-0.39, 0.29) is 12.2 Å². The highest BCUT2D eigenvalue weighted by molar-refractivity contribution is 5.43. The van der Waals surface area contributed by atoms with Crippen molar-refractivity contribution in [3.8, 4) is 5.75 Å². The van der Waals surface area contributed by atoms with Gasteiger partial charge in [0.1, 0.15) is 11.4 Å². The summed E-state index contributed by atoms with van der Waals surface area (Å²) in [5.41, 5.74) is 3.26. The molecule has 0 aliphatic heterocycles. The van der Waals surface area contributed by atoms with Gasteiger partial charge < -0.3 is 9.84 Å². The zero-order valence-electron chi connectivity index (χ0n) is 11.8. The molecular formula is C16H24O2. The Morgan fingerprint density at radius 1 is 1.06 bits per heavy atom. The van der Waals surface area contributed by atoms with Gasteiger partial charge in [-0.3, -0.25) is 0 Å². The smallest absolute Gasteiger partial charge is 0.132 e. The van der Waals surface area contributed by atoms with Gasteiger partial charge >= 0.3 is 0 Å². The summed E-state index contributed by atoms with van der Waals surface area (Å²) in [5.74, 6) is 0.969. The maximum atomic E-state index is 9.71. The van der Waals surface area contributed by atoms with Crippen LogP contribution in [0.15, 0.2) is 12.1 Å². The number of ether oxygens (including phenoxy) is 1. The molecule has 0 amide bonds. The minimum absolute atomic E-state index is 0.125. The molecule has 1 N–H and O–H groups in total. The molecule has 1 aliphatic rings. The zero-order valence-corrected chi connectivity index (χ0v) is 11.8. The lowest BCUT2D eigenvalue weighted by molar-refractivity contribution is -0.0207. The minimum Gasteiger partial charge on any atom is -0.484 e. The van der Waals surface area contributed by atoms with Crippen LogP contribution in [-0.2, 0) is 0 Å². The Bertz CT molecular complexity index is 394. The third-order valence-electron chi connectivity index (χ3n) is 3.98. The van der Waals surface area contributed by atoms with Crippen molar-refractivity contribution in [1.82, 2.24) is 0 Å². The summed E-state index contributed by atoms with van der Waals surface area (Å²) in [6.45, 7) is 6.40. The van der Waals surface area contributed by atoms with Crippen LogP contribution in [0.4, 0.5) is 0 Å². The van der Waals surface area contributed by atoms with Crippen molar-refractivity contribution in [2.45, 2.75) is 58.5 Å². The number of rotatable bonds is 3. The van der Waals surface area contributed by atoms with Crippen molar-refractivity contribution in [2.24, 2.45) is 0 Å². The van der Waals surface area contributed by atoms with E-state index in [0.29, 0.717) is 0 Å². The summed E-state index contributed by atoms with van der Waals surface area (Å²) in [6, 6.07) is 4.30. The summed E-state index contributed by atoms with van der Waals surface area (Å²) in [6.07, 6.45) is 5.51. The summed E-state index contributed by atoms with van der Waals surface area (Å²) >= 11 is 0. The van der Waals surface area contributed by atoms with Gasteiger partial charge in [0.15, 0.2) is 0 Å². The van der Waals surface area contributed by atoms with Crippen LogP contribution in [0.3, 0.4) is 0 Å². The molecule has 0 atom stereocenters. The van der Waals surface area contributed by atoms with Crippen molar-refractivity contribution < 1.29 is 9.84 Å². The number of benzene rings is 1. The van der Waals surface area contributed by atoms with E-state index in [1.165, 1.54) is 23.1 Å². The topological polar surface area (TPSA) is 29.5 Å². The van der Waals surface area contributed by atoms with E-state index in [4.69, 9.17) is 4.74 Å². The van der Waals surface area contributed by atoms with Crippen LogP contribution in [0.5, 0.6) is 5.75 Å².